The highest BCUT2D eigenvalue weighted by Gasteiger charge is 2.09. The molecule has 0 aromatic carbocycles. The summed E-state index contributed by atoms with van der Waals surface area (Å²) in [5.41, 5.74) is 13.3. The van der Waals surface area contributed by atoms with Crippen molar-refractivity contribution in [2.45, 2.75) is 12.7 Å². The van der Waals surface area contributed by atoms with Gasteiger partial charge in [-0.15, -0.1) is 9.98 Å². The number of rotatable bonds is 8. The van der Waals surface area contributed by atoms with E-state index in [0.29, 0.717) is 19.6 Å². The molecular weight excluding hydrogens is 328 g/mol. The zero-order valence-corrected chi connectivity index (χ0v) is 14.2. The number of aromatic nitrogens is 2. The third kappa shape index (κ3) is 6.89. The number of aryl methyl sites for hydroxylation is 1. The number of hydrogen-bond donors (Lipinski definition) is 4. The van der Waals surface area contributed by atoms with Crippen LogP contribution in [0, 0.1) is 29.8 Å². The molecule has 0 spiro atoms. The van der Waals surface area contributed by atoms with Crippen LogP contribution in [0.3, 0.4) is 0 Å². The Balaban J connectivity index is 2.43. The van der Waals surface area contributed by atoms with Crippen molar-refractivity contribution in [3.05, 3.63) is 17.7 Å². The Bertz CT molecular complexity index is 650. The van der Waals surface area contributed by atoms with Gasteiger partial charge in [-0.25, -0.2) is 4.98 Å². The second kappa shape index (κ2) is 10.7. The summed E-state index contributed by atoms with van der Waals surface area (Å²) in [4.78, 5) is 16.0. The topological polar surface area (TPSA) is 168 Å². The molecule has 6 N–H and O–H groups in total. The average Bonchev–Trinajstić information content (AvgIpc) is 2.95. The van der Waals surface area contributed by atoms with Gasteiger partial charge in [0.15, 0.2) is 0 Å². The van der Waals surface area contributed by atoms with E-state index in [-0.39, 0.29) is 11.9 Å². The molecule has 1 rings (SSSR count). The van der Waals surface area contributed by atoms with E-state index < -0.39 is 0 Å². The molecule has 0 saturated heterocycles. The van der Waals surface area contributed by atoms with E-state index in [1.165, 1.54) is 0 Å². The van der Waals surface area contributed by atoms with E-state index in [2.05, 4.69) is 25.3 Å². The highest BCUT2D eigenvalue weighted by Crippen LogP contribution is 2.12. The van der Waals surface area contributed by atoms with Crippen molar-refractivity contribution < 1.29 is 0 Å². The maximum absolute atomic E-state index is 8.64. The minimum atomic E-state index is 0.0385. The largest absolute Gasteiger partial charge is 0.369 e. The van der Waals surface area contributed by atoms with Crippen LogP contribution >= 0.6 is 11.8 Å². The molecule has 128 valence electrons. The predicted molar refractivity (Wildman–Crippen MR) is 93.5 cm³/mol. The van der Waals surface area contributed by atoms with Crippen LogP contribution in [0.1, 0.15) is 11.4 Å². The van der Waals surface area contributed by atoms with E-state index >= 15 is 0 Å². The fourth-order valence-corrected chi connectivity index (χ4v) is 2.73. The first-order valence-electron chi connectivity index (χ1n) is 7.08. The number of hydrogen-bond acceptors (Lipinski definition) is 6. The van der Waals surface area contributed by atoms with Gasteiger partial charge in [0.2, 0.25) is 24.3 Å². The fraction of sp³-hybridized carbons (Fsp3) is 0.462. The first-order chi connectivity index (χ1) is 11.6. The molecule has 24 heavy (non-hydrogen) atoms. The van der Waals surface area contributed by atoms with Crippen molar-refractivity contribution in [3.63, 3.8) is 0 Å². The Labute approximate surface area is 144 Å². The Hall–Kier alpha value is -2.92. The lowest BCUT2D eigenvalue weighted by Gasteiger charge is -2.22. The summed E-state index contributed by atoms with van der Waals surface area (Å²) in [6.07, 6.45) is 4.94. The normalized spacial score (nSPS) is 11.6. The molecule has 10 nitrogen and oxygen atoms in total. The van der Waals surface area contributed by atoms with Gasteiger partial charge in [0.25, 0.3) is 0 Å². The molecule has 1 aromatic heterocycles. The standard InChI is InChI=1S/C13H20N10S/c1-10-11(22-9-21-10)6-24-5-4-23(13(17)20-8-15)3-2-18-12(16)19-7-14/h9H,2-6H2,1H3,(H2,17,20)(H,21,22)(H3,16,18,19). The first-order valence-corrected chi connectivity index (χ1v) is 8.23. The summed E-state index contributed by atoms with van der Waals surface area (Å²) in [6.45, 7) is 3.48. The molecule has 11 heteroatoms. The SMILES string of the molecule is Cc1[nH]cnc1CSCCN(CCNC(N)=NC#N)C(N)=NC#N. The number of aromatic amines is 1. The van der Waals surface area contributed by atoms with Crippen molar-refractivity contribution in [1.82, 2.24) is 20.2 Å². The first kappa shape index (κ1) is 19.1. The highest BCUT2D eigenvalue weighted by molar-refractivity contribution is 7.98. The number of nitrogens with two attached hydrogens (primary N) is 2. The van der Waals surface area contributed by atoms with E-state index in [4.69, 9.17) is 22.0 Å². The summed E-state index contributed by atoms with van der Waals surface area (Å²) < 4.78 is 0. The molecule has 1 aromatic rings. The Morgan fingerprint density at radius 3 is 2.75 bits per heavy atom. The van der Waals surface area contributed by atoms with Crippen molar-refractivity contribution >= 4 is 23.7 Å². The molecule has 0 aliphatic heterocycles. The quantitative estimate of drug-likeness (QED) is 0.210. The molecule has 0 saturated carbocycles. The van der Waals surface area contributed by atoms with Gasteiger partial charge in [-0.2, -0.15) is 22.3 Å². The number of aliphatic imine (C=N–C) groups is 2. The lowest BCUT2D eigenvalue weighted by molar-refractivity contribution is 0.442. The molecule has 0 amide bonds. The second-order valence-electron chi connectivity index (χ2n) is 4.61. The summed E-state index contributed by atoms with van der Waals surface area (Å²) in [5, 5.41) is 19.8. The van der Waals surface area contributed by atoms with Gasteiger partial charge >= 0.3 is 0 Å². The van der Waals surface area contributed by atoms with Crippen molar-refractivity contribution in [1.29, 1.82) is 10.5 Å². The van der Waals surface area contributed by atoms with Crippen LogP contribution in [0.4, 0.5) is 0 Å². The van der Waals surface area contributed by atoms with Crippen LogP contribution in [0.5, 0.6) is 0 Å². The lowest BCUT2D eigenvalue weighted by atomic mass is 10.4. The molecular formula is C13H20N10S. The summed E-state index contributed by atoms with van der Waals surface area (Å²) in [6, 6.07) is 0. The third-order valence-corrected chi connectivity index (χ3v) is 3.97. The maximum Gasteiger partial charge on any atom is 0.209 e. The van der Waals surface area contributed by atoms with Gasteiger partial charge in [-0.3, -0.25) is 0 Å². The minimum Gasteiger partial charge on any atom is -0.369 e. The zero-order valence-electron chi connectivity index (χ0n) is 13.4. The molecule has 0 bridgehead atoms. The molecule has 0 atom stereocenters. The van der Waals surface area contributed by atoms with Crippen LogP contribution in [-0.4, -0.2) is 52.2 Å². The number of nitriles is 2. The van der Waals surface area contributed by atoms with Crippen LogP contribution in [0.15, 0.2) is 16.3 Å². The summed E-state index contributed by atoms with van der Waals surface area (Å²) in [5.74, 6) is 1.76. The smallest absolute Gasteiger partial charge is 0.209 e. The monoisotopic (exact) mass is 348 g/mol. The molecule has 1 heterocycles. The number of thioether (sulfide) groups is 1. The van der Waals surface area contributed by atoms with Gasteiger partial charge in [0, 0.05) is 36.8 Å². The van der Waals surface area contributed by atoms with Gasteiger partial charge in [0.1, 0.15) is 0 Å². The van der Waals surface area contributed by atoms with Gasteiger partial charge < -0.3 is 26.7 Å². The van der Waals surface area contributed by atoms with E-state index in [1.54, 1.807) is 35.4 Å². The number of nitrogens with one attached hydrogen (secondary N) is 2. The number of guanidine groups is 2. The lowest BCUT2D eigenvalue weighted by Crippen LogP contribution is -2.44. The van der Waals surface area contributed by atoms with Gasteiger partial charge in [0.05, 0.1) is 12.0 Å². The number of H-pyrrole nitrogens is 1. The van der Waals surface area contributed by atoms with Crippen LogP contribution in [0.2, 0.25) is 0 Å². The Kier molecular flexibility index (Phi) is 8.57. The molecule has 0 radical (unpaired) electrons. The van der Waals surface area contributed by atoms with Crippen LogP contribution in [-0.2, 0) is 5.75 Å². The molecule has 0 aliphatic carbocycles. The van der Waals surface area contributed by atoms with Gasteiger partial charge in [-0.1, -0.05) is 0 Å². The summed E-state index contributed by atoms with van der Waals surface area (Å²) >= 11 is 1.71. The zero-order chi connectivity index (χ0) is 17.8. The third-order valence-electron chi connectivity index (χ3n) is 3.03. The van der Waals surface area contributed by atoms with E-state index in [0.717, 1.165) is 22.9 Å². The summed E-state index contributed by atoms with van der Waals surface area (Å²) in [7, 11) is 0. The van der Waals surface area contributed by atoms with Crippen molar-refractivity contribution in [3.8, 4) is 12.4 Å². The average molecular weight is 348 g/mol. The molecule has 0 aliphatic rings. The van der Waals surface area contributed by atoms with Crippen molar-refractivity contribution in [2.24, 2.45) is 21.5 Å². The van der Waals surface area contributed by atoms with E-state index in [1.807, 2.05) is 6.92 Å². The van der Waals surface area contributed by atoms with Crippen LogP contribution < -0.4 is 16.8 Å². The highest BCUT2D eigenvalue weighted by atomic mass is 32.2. The molecule has 0 fully saturated rings. The second-order valence-corrected chi connectivity index (χ2v) is 5.71. The Morgan fingerprint density at radius 1 is 1.38 bits per heavy atom. The number of imidazole rings is 1. The predicted octanol–water partition coefficient (Wildman–Crippen LogP) is -0.566. The van der Waals surface area contributed by atoms with E-state index in [9.17, 15) is 0 Å². The van der Waals surface area contributed by atoms with Crippen LogP contribution in [0.25, 0.3) is 0 Å². The minimum absolute atomic E-state index is 0.0385. The van der Waals surface area contributed by atoms with Gasteiger partial charge in [-0.05, 0) is 6.92 Å². The fourth-order valence-electron chi connectivity index (χ4n) is 1.75. The number of nitrogens with zero attached hydrogens (tertiary/aromatic N) is 6. The maximum atomic E-state index is 8.64. The Morgan fingerprint density at radius 2 is 2.12 bits per heavy atom. The molecule has 0 unspecified atom stereocenters. The van der Waals surface area contributed by atoms with Crippen molar-refractivity contribution in [2.75, 3.05) is 25.4 Å².